The Morgan fingerprint density at radius 1 is 1.44 bits per heavy atom. The predicted molar refractivity (Wildman–Crippen MR) is 72.9 cm³/mol. The van der Waals surface area contributed by atoms with Crippen molar-refractivity contribution < 1.29 is 14.1 Å². The van der Waals surface area contributed by atoms with Crippen LogP contribution >= 0.6 is 11.3 Å². The number of hydrogen-bond acceptors (Lipinski definition) is 3. The topological polar surface area (TPSA) is 46.2 Å². The van der Waals surface area contributed by atoms with Crippen molar-refractivity contribution in [2.24, 2.45) is 0 Å². The molecule has 1 atom stereocenters. The van der Waals surface area contributed by atoms with E-state index < -0.39 is 5.54 Å². The largest absolute Gasteiger partial charge is 0.429 e. The summed E-state index contributed by atoms with van der Waals surface area (Å²) in [6.45, 7) is 9.33. The van der Waals surface area contributed by atoms with E-state index in [2.05, 4.69) is 11.9 Å². The third-order valence-electron chi connectivity index (χ3n) is 3.77. The minimum absolute atomic E-state index is 0.178. The summed E-state index contributed by atoms with van der Waals surface area (Å²) in [4.78, 5) is 26.0. The van der Waals surface area contributed by atoms with Crippen LogP contribution in [0.1, 0.15) is 29.1 Å². The van der Waals surface area contributed by atoms with Gasteiger partial charge >= 0.3 is 11.9 Å². The van der Waals surface area contributed by atoms with Gasteiger partial charge in [0.15, 0.2) is 0 Å². The normalized spacial score (nSPS) is 23.6. The lowest BCUT2D eigenvalue weighted by Gasteiger charge is -2.42. The lowest BCUT2D eigenvalue weighted by molar-refractivity contribution is -0.790. The molecule has 0 radical (unpaired) electrons. The van der Waals surface area contributed by atoms with E-state index in [0.717, 1.165) is 4.88 Å². The average Bonchev–Trinajstić information content (AvgIpc) is 2.66. The highest BCUT2D eigenvalue weighted by Gasteiger charge is 2.55. The average molecular weight is 265 g/mol. The van der Waals surface area contributed by atoms with Crippen LogP contribution in [0.25, 0.3) is 0 Å². The first-order valence-corrected chi connectivity index (χ1v) is 6.53. The second-order valence-corrected chi connectivity index (χ2v) is 6.46. The number of nitrogens with one attached hydrogen (secondary N) is 1. The van der Waals surface area contributed by atoms with Gasteiger partial charge in [-0.1, -0.05) is 6.58 Å². The Kier molecular flexibility index (Phi) is 2.72. The van der Waals surface area contributed by atoms with Crippen LogP contribution in [-0.4, -0.2) is 29.0 Å². The van der Waals surface area contributed by atoms with Crippen molar-refractivity contribution in [2.75, 3.05) is 12.4 Å². The Labute approximate surface area is 111 Å². The molecular weight excluding hydrogens is 248 g/mol. The van der Waals surface area contributed by atoms with Gasteiger partial charge < -0.3 is 0 Å². The number of thiophene rings is 1. The number of amides is 3. The van der Waals surface area contributed by atoms with Crippen LogP contribution < -0.4 is 5.32 Å². The molecule has 0 saturated heterocycles. The van der Waals surface area contributed by atoms with Gasteiger partial charge in [0.1, 0.15) is 16.1 Å². The summed E-state index contributed by atoms with van der Waals surface area (Å²) in [7, 11) is 1.63. The van der Waals surface area contributed by atoms with E-state index in [4.69, 9.17) is 0 Å². The van der Waals surface area contributed by atoms with E-state index in [0.29, 0.717) is 10.6 Å². The summed E-state index contributed by atoms with van der Waals surface area (Å²) in [5.41, 5.74) is -0.0659. The second-order valence-electron chi connectivity index (χ2n) is 5.20. The fourth-order valence-corrected chi connectivity index (χ4v) is 2.91. The molecule has 1 N–H and O–H groups in total. The molecule has 1 unspecified atom stereocenters. The van der Waals surface area contributed by atoms with Gasteiger partial charge in [-0.2, -0.15) is 4.48 Å². The number of fused-ring (bicyclic) bond motifs is 1. The number of imide groups is 1. The molecule has 0 bridgehead atoms. The Morgan fingerprint density at radius 2 is 2.06 bits per heavy atom. The summed E-state index contributed by atoms with van der Waals surface area (Å²) < 4.78 is -0.334. The number of carbonyl (C=O) groups is 2. The summed E-state index contributed by atoms with van der Waals surface area (Å²) in [5, 5.41) is 3.48. The maximum atomic E-state index is 12.6. The van der Waals surface area contributed by atoms with Gasteiger partial charge in [-0.05, 0) is 32.9 Å². The van der Waals surface area contributed by atoms with Crippen LogP contribution in [0.3, 0.4) is 0 Å². The van der Waals surface area contributed by atoms with Crippen molar-refractivity contribution in [2.45, 2.75) is 26.3 Å². The SMILES string of the molecule is C=CC(C)(C)[N+]1(C)C(=O)Nc2sc(C)cc2C1=O. The number of anilines is 1. The zero-order chi connectivity index (χ0) is 13.7. The Balaban J connectivity index is 2.63. The van der Waals surface area contributed by atoms with Crippen molar-refractivity contribution in [3.63, 3.8) is 0 Å². The van der Waals surface area contributed by atoms with Crippen LogP contribution in [0, 0.1) is 6.92 Å². The highest BCUT2D eigenvalue weighted by molar-refractivity contribution is 7.16. The molecule has 3 amide bonds. The number of aryl methyl sites for hydroxylation is 1. The molecule has 1 aromatic rings. The van der Waals surface area contributed by atoms with E-state index in [-0.39, 0.29) is 16.4 Å². The number of carbonyl (C=O) groups excluding carboxylic acids is 2. The van der Waals surface area contributed by atoms with Gasteiger partial charge in [0.25, 0.3) is 0 Å². The van der Waals surface area contributed by atoms with Crippen molar-refractivity contribution in [1.82, 2.24) is 0 Å². The van der Waals surface area contributed by atoms with E-state index in [1.165, 1.54) is 11.3 Å². The Bertz CT molecular complexity index is 559. The molecule has 0 aromatic carbocycles. The smallest absolute Gasteiger partial charge is 0.265 e. The van der Waals surface area contributed by atoms with Crippen LogP contribution in [0.4, 0.5) is 9.80 Å². The van der Waals surface area contributed by atoms with Crippen molar-refractivity contribution in [1.29, 1.82) is 0 Å². The highest BCUT2D eigenvalue weighted by Crippen LogP contribution is 2.38. The molecule has 4 nitrogen and oxygen atoms in total. The number of likely N-dealkylation sites (N-methyl/N-ethyl adjacent to an activating group) is 1. The summed E-state index contributed by atoms with van der Waals surface area (Å²) in [6, 6.07) is 1.52. The first-order valence-electron chi connectivity index (χ1n) is 5.71. The summed E-state index contributed by atoms with van der Waals surface area (Å²) in [5.74, 6) is -0.178. The van der Waals surface area contributed by atoms with Crippen molar-refractivity contribution >= 4 is 28.3 Å². The maximum Gasteiger partial charge on any atom is 0.429 e. The molecule has 18 heavy (non-hydrogen) atoms. The van der Waals surface area contributed by atoms with Gasteiger partial charge in [0.05, 0.1) is 7.05 Å². The summed E-state index contributed by atoms with van der Waals surface area (Å²) >= 11 is 1.43. The minimum Gasteiger partial charge on any atom is -0.265 e. The Morgan fingerprint density at radius 3 is 2.61 bits per heavy atom. The Hall–Kier alpha value is -1.46. The first-order chi connectivity index (χ1) is 8.24. The molecule has 96 valence electrons. The van der Waals surface area contributed by atoms with Crippen LogP contribution in [0.2, 0.25) is 0 Å². The molecular formula is C13H17N2O2S+. The zero-order valence-electron chi connectivity index (χ0n) is 11.0. The molecule has 2 rings (SSSR count). The standard InChI is InChI=1S/C13H16N2O2S/c1-6-13(3,4)15(5)11(16)9-7-8(2)18-10(9)14-12(15)17/h6-7H,1H2,2-5H3/p+1. The van der Waals surface area contributed by atoms with E-state index in [9.17, 15) is 9.59 Å². The van der Waals surface area contributed by atoms with Crippen molar-refractivity contribution in [3.05, 3.63) is 29.2 Å². The molecule has 1 aliphatic heterocycles. The van der Waals surface area contributed by atoms with Crippen LogP contribution in [0.5, 0.6) is 0 Å². The zero-order valence-corrected chi connectivity index (χ0v) is 11.9. The first kappa shape index (κ1) is 13.0. The number of nitrogens with zero attached hydrogens (tertiary/aromatic N) is 1. The van der Waals surface area contributed by atoms with E-state index in [1.807, 2.05) is 26.8 Å². The quantitative estimate of drug-likeness (QED) is 0.659. The van der Waals surface area contributed by atoms with Crippen molar-refractivity contribution in [3.8, 4) is 0 Å². The lowest BCUT2D eigenvalue weighted by Crippen LogP contribution is -2.67. The van der Waals surface area contributed by atoms with Gasteiger partial charge in [0, 0.05) is 4.88 Å². The van der Waals surface area contributed by atoms with E-state index >= 15 is 0 Å². The van der Waals surface area contributed by atoms with Gasteiger partial charge in [-0.25, -0.2) is 9.59 Å². The van der Waals surface area contributed by atoms with Gasteiger partial charge in [0.2, 0.25) is 0 Å². The number of hydrogen-bond donors (Lipinski definition) is 1. The molecule has 0 aliphatic carbocycles. The highest BCUT2D eigenvalue weighted by atomic mass is 32.1. The lowest BCUT2D eigenvalue weighted by atomic mass is 9.97. The van der Waals surface area contributed by atoms with Crippen LogP contribution in [-0.2, 0) is 0 Å². The minimum atomic E-state index is -0.658. The maximum absolute atomic E-state index is 12.6. The third-order valence-corrected chi connectivity index (χ3v) is 4.74. The molecule has 0 spiro atoms. The molecule has 1 aliphatic rings. The monoisotopic (exact) mass is 265 g/mol. The van der Waals surface area contributed by atoms with Crippen LogP contribution in [0.15, 0.2) is 18.7 Å². The number of rotatable bonds is 2. The summed E-state index contributed by atoms with van der Waals surface area (Å²) in [6.07, 6.45) is 1.65. The van der Waals surface area contributed by atoms with E-state index in [1.54, 1.807) is 13.1 Å². The van der Waals surface area contributed by atoms with Gasteiger partial charge in [-0.15, -0.1) is 11.3 Å². The fourth-order valence-electron chi connectivity index (χ4n) is 2.01. The fraction of sp³-hybridized carbons (Fsp3) is 0.385. The molecule has 0 saturated carbocycles. The number of urea groups is 1. The molecule has 0 fully saturated rings. The molecule has 1 aromatic heterocycles. The predicted octanol–water partition coefficient (Wildman–Crippen LogP) is 3.15. The third kappa shape index (κ3) is 1.47. The van der Waals surface area contributed by atoms with Gasteiger partial charge in [-0.3, -0.25) is 5.32 Å². The number of quaternary nitrogens is 1. The molecule has 5 heteroatoms. The molecule has 2 heterocycles. The second kappa shape index (κ2) is 3.76.